The van der Waals surface area contributed by atoms with Crippen LogP contribution in [0.15, 0.2) is 40.9 Å². The number of hydrogen-bond acceptors (Lipinski definition) is 3. The molecule has 2 amide bonds. The van der Waals surface area contributed by atoms with Gasteiger partial charge in [-0.1, -0.05) is 55.1 Å². The summed E-state index contributed by atoms with van der Waals surface area (Å²) in [6, 6.07) is 10.4. The second-order valence-corrected chi connectivity index (χ2v) is 10.0. The summed E-state index contributed by atoms with van der Waals surface area (Å²) in [4.78, 5) is 27.7. The molecule has 0 bridgehead atoms. The summed E-state index contributed by atoms with van der Waals surface area (Å²) in [7, 11) is 0. The summed E-state index contributed by atoms with van der Waals surface area (Å²) in [6.45, 7) is 3.78. The van der Waals surface area contributed by atoms with E-state index in [-0.39, 0.29) is 31.0 Å². The molecule has 0 spiro atoms. The van der Waals surface area contributed by atoms with E-state index < -0.39 is 6.04 Å². The van der Waals surface area contributed by atoms with Gasteiger partial charge in [0, 0.05) is 22.6 Å². The molecule has 1 aliphatic carbocycles. The largest absolute Gasteiger partial charge is 0.483 e. The van der Waals surface area contributed by atoms with Crippen molar-refractivity contribution in [3.8, 4) is 5.75 Å². The van der Waals surface area contributed by atoms with Gasteiger partial charge in [-0.15, -0.1) is 0 Å². The number of carbonyl (C=O) groups is 2. The number of rotatable bonds is 9. The molecular formula is C25H29BrCl2N2O3. The van der Waals surface area contributed by atoms with Crippen LogP contribution in [0.25, 0.3) is 0 Å². The highest BCUT2D eigenvalue weighted by atomic mass is 79.9. The van der Waals surface area contributed by atoms with Gasteiger partial charge in [0.25, 0.3) is 5.91 Å². The Balaban J connectivity index is 1.75. The molecule has 2 aromatic rings. The minimum atomic E-state index is -0.681. The van der Waals surface area contributed by atoms with E-state index in [1.165, 1.54) is 4.90 Å². The second-order valence-electron chi connectivity index (χ2n) is 8.33. The van der Waals surface area contributed by atoms with Gasteiger partial charge >= 0.3 is 0 Å². The highest BCUT2D eigenvalue weighted by Gasteiger charge is 2.29. The summed E-state index contributed by atoms with van der Waals surface area (Å²) >= 11 is 15.9. The van der Waals surface area contributed by atoms with Crippen LogP contribution in [0.1, 0.15) is 50.7 Å². The van der Waals surface area contributed by atoms with Crippen molar-refractivity contribution >= 4 is 50.9 Å². The lowest BCUT2D eigenvalue weighted by atomic mass is 10.1. The number of benzene rings is 2. The van der Waals surface area contributed by atoms with Gasteiger partial charge in [-0.3, -0.25) is 9.59 Å². The van der Waals surface area contributed by atoms with Crippen LogP contribution in [0, 0.1) is 0 Å². The van der Waals surface area contributed by atoms with Crippen molar-refractivity contribution in [3.05, 3.63) is 62.0 Å². The Morgan fingerprint density at radius 3 is 2.55 bits per heavy atom. The third kappa shape index (κ3) is 7.11. The molecular weight excluding hydrogens is 527 g/mol. The lowest BCUT2D eigenvalue weighted by Crippen LogP contribution is -2.50. The standard InChI is InChI=1S/C25H29BrCl2N2O3/c1-3-17-8-11-23(21(26)12-17)33-15-24(31)30(14-18-9-10-19(27)13-22(18)28)16(2)25(32)29-20-6-4-5-7-20/h8-13,16,20H,3-7,14-15H2,1-2H3,(H,29,32). The number of amides is 2. The van der Waals surface area contributed by atoms with Crippen LogP contribution in [0.3, 0.4) is 0 Å². The Labute approximate surface area is 213 Å². The lowest BCUT2D eigenvalue weighted by Gasteiger charge is -2.30. The average Bonchev–Trinajstić information content (AvgIpc) is 3.30. The average molecular weight is 556 g/mol. The van der Waals surface area contributed by atoms with Crippen LogP contribution in [-0.2, 0) is 22.6 Å². The number of nitrogens with zero attached hydrogens (tertiary/aromatic N) is 1. The van der Waals surface area contributed by atoms with Crippen molar-refractivity contribution < 1.29 is 14.3 Å². The van der Waals surface area contributed by atoms with Crippen LogP contribution in [0.2, 0.25) is 10.0 Å². The molecule has 1 atom stereocenters. The SMILES string of the molecule is CCc1ccc(OCC(=O)N(Cc2ccc(Cl)cc2Cl)C(C)C(=O)NC2CCCC2)c(Br)c1. The molecule has 2 aromatic carbocycles. The first-order valence-corrected chi connectivity index (χ1v) is 12.8. The number of halogens is 3. The molecule has 178 valence electrons. The van der Waals surface area contributed by atoms with Crippen molar-refractivity contribution in [3.63, 3.8) is 0 Å². The lowest BCUT2D eigenvalue weighted by molar-refractivity contribution is -0.142. The van der Waals surface area contributed by atoms with Gasteiger partial charge in [0.05, 0.1) is 4.47 Å². The molecule has 0 saturated heterocycles. The van der Waals surface area contributed by atoms with E-state index in [9.17, 15) is 9.59 Å². The van der Waals surface area contributed by atoms with Crippen LogP contribution in [0.5, 0.6) is 5.75 Å². The van der Waals surface area contributed by atoms with Crippen molar-refractivity contribution in [2.45, 2.75) is 64.6 Å². The third-order valence-electron chi connectivity index (χ3n) is 5.98. The molecule has 0 heterocycles. The molecule has 8 heteroatoms. The predicted octanol–water partition coefficient (Wildman–Crippen LogP) is 6.17. The van der Waals surface area contributed by atoms with Crippen molar-refractivity contribution in [2.75, 3.05) is 6.61 Å². The number of nitrogens with one attached hydrogen (secondary N) is 1. The van der Waals surface area contributed by atoms with E-state index in [0.29, 0.717) is 21.4 Å². The molecule has 1 N–H and O–H groups in total. The van der Waals surface area contributed by atoms with Gasteiger partial charge in [0.2, 0.25) is 5.91 Å². The van der Waals surface area contributed by atoms with Crippen LogP contribution in [0.4, 0.5) is 0 Å². The molecule has 33 heavy (non-hydrogen) atoms. The quantitative estimate of drug-likeness (QED) is 0.402. The van der Waals surface area contributed by atoms with E-state index in [4.69, 9.17) is 27.9 Å². The molecule has 1 unspecified atom stereocenters. The minimum absolute atomic E-state index is 0.167. The maximum Gasteiger partial charge on any atom is 0.261 e. The summed E-state index contributed by atoms with van der Waals surface area (Å²) in [6.07, 6.45) is 5.07. The smallest absolute Gasteiger partial charge is 0.261 e. The van der Waals surface area contributed by atoms with Crippen LogP contribution in [-0.4, -0.2) is 35.4 Å². The van der Waals surface area contributed by atoms with E-state index >= 15 is 0 Å². The third-order valence-corrected chi connectivity index (χ3v) is 7.19. The number of carbonyl (C=O) groups excluding carboxylic acids is 2. The van der Waals surface area contributed by atoms with Gasteiger partial charge in [-0.25, -0.2) is 0 Å². The van der Waals surface area contributed by atoms with Gasteiger partial charge in [0.15, 0.2) is 6.61 Å². The maximum absolute atomic E-state index is 13.3. The molecule has 0 aliphatic heterocycles. The van der Waals surface area contributed by atoms with Crippen molar-refractivity contribution in [1.82, 2.24) is 10.2 Å². The number of ether oxygens (including phenoxy) is 1. The first-order chi connectivity index (χ1) is 15.8. The topological polar surface area (TPSA) is 58.6 Å². The molecule has 1 saturated carbocycles. The van der Waals surface area contributed by atoms with Gasteiger partial charge in [0.1, 0.15) is 11.8 Å². The summed E-state index contributed by atoms with van der Waals surface area (Å²) < 4.78 is 6.59. The molecule has 0 radical (unpaired) electrons. The van der Waals surface area contributed by atoms with Crippen LogP contribution < -0.4 is 10.1 Å². The Hall–Kier alpha value is -1.76. The monoisotopic (exact) mass is 554 g/mol. The highest BCUT2D eigenvalue weighted by Crippen LogP contribution is 2.27. The van der Waals surface area contributed by atoms with E-state index in [0.717, 1.165) is 42.1 Å². The summed E-state index contributed by atoms with van der Waals surface area (Å²) in [5.41, 5.74) is 1.88. The first kappa shape index (κ1) is 25.9. The van der Waals surface area contributed by atoms with Gasteiger partial charge < -0.3 is 15.0 Å². The Morgan fingerprint density at radius 1 is 1.18 bits per heavy atom. The van der Waals surface area contributed by atoms with Crippen molar-refractivity contribution in [2.24, 2.45) is 0 Å². The second kappa shape index (κ2) is 12.1. The highest BCUT2D eigenvalue weighted by molar-refractivity contribution is 9.10. The van der Waals surface area contributed by atoms with Gasteiger partial charge in [-0.2, -0.15) is 0 Å². The Kier molecular flexibility index (Phi) is 9.47. The molecule has 1 aliphatic rings. The molecule has 3 rings (SSSR count). The fourth-order valence-corrected chi connectivity index (χ4v) is 4.92. The zero-order valence-corrected chi connectivity index (χ0v) is 22.0. The first-order valence-electron chi connectivity index (χ1n) is 11.2. The summed E-state index contributed by atoms with van der Waals surface area (Å²) in [5.74, 6) is 0.100. The van der Waals surface area contributed by atoms with E-state index in [1.807, 2.05) is 18.2 Å². The molecule has 5 nitrogen and oxygen atoms in total. The van der Waals surface area contributed by atoms with E-state index in [2.05, 4.69) is 28.2 Å². The Bertz CT molecular complexity index is 996. The number of aryl methyl sites for hydroxylation is 1. The Morgan fingerprint density at radius 2 is 1.91 bits per heavy atom. The van der Waals surface area contributed by atoms with Gasteiger partial charge in [-0.05, 0) is 77.5 Å². The number of hydrogen-bond donors (Lipinski definition) is 1. The zero-order valence-electron chi connectivity index (χ0n) is 18.9. The van der Waals surface area contributed by atoms with E-state index in [1.54, 1.807) is 25.1 Å². The van der Waals surface area contributed by atoms with Crippen molar-refractivity contribution in [1.29, 1.82) is 0 Å². The predicted molar refractivity (Wildman–Crippen MR) is 136 cm³/mol. The maximum atomic E-state index is 13.3. The van der Waals surface area contributed by atoms with Crippen LogP contribution >= 0.6 is 39.1 Å². The fraction of sp³-hybridized carbons (Fsp3) is 0.440. The fourth-order valence-electron chi connectivity index (χ4n) is 3.91. The normalized spacial score (nSPS) is 14.7. The molecule has 1 fully saturated rings. The summed E-state index contributed by atoms with van der Waals surface area (Å²) in [5, 5.41) is 4.04. The minimum Gasteiger partial charge on any atom is -0.483 e. The zero-order chi connectivity index (χ0) is 24.0. The molecule has 0 aromatic heterocycles.